The molecule has 1 fully saturated rings. The van der Waals surface area contributed by atoms with E-state index in [0.717, 1.165) is 12.8 Å². The van der Waals surface area contributed by atoms with Crippen LogP contribution in [0.4, 0.5) is 4.79 Å². The quantitative estimate of drug-likeness (QED) is 0.702. The van der Waals surface area contributed by atoms with Gasteiger partial charge in [-0.3, -0.25) is 4.79 Å². The van der Waals surface area contributed by atoms with Gasteiger partial charge in [-0.05, 0) is 37.5 Å². The molecule has 0 unspecified atom stereocenters. The van der Waals surface area contributed by atoms with Crippen LogP contribution in [0.3, 0.4) is 0 Å². The van der Waals surface area contributed by atoms with Crippen LogP contribution >= 0.6 is 23.2 Å². The molecule has 0 saturated carbocycles. The molecule has 0 radical (unpaired) electrons. The molecule has 1 saturated heterocycles. The third-order valence-corrected chi connectivity index (χ3v) is 4.68. The summed E-state index contributed by atoms with van der Waals surface area (Å²) in [5.41, 5.74) is 0. The van der Waals surface area contributed by atoms with Gasteiger partial charge in [-0.25, -0.2) is 4.79 Å². The number of hydrogen-bond acceptors (Lipinski definition) is 4. The van der Waals surface area contributed by atoms with Gasteiger partial charge in [-0.15, -0.1) is 0 Å². The van der Waals surface area contributed by atoms with E-state index in [4.69, 9.17) is 32.7 Å². The van der Waals surface area contributed by atoms with Crippen LogP contribution in [0.1, 0.15) is 32.6 Å². The molecule has 0 bridgehead atoms. The van der Waals surface area contributed by atoms with E-state index in [0.29, 0.717) is 48.3 Å². The fourth-order valence-corrected chi connectivity index (χ4v) is 3.08. The van der Waals surface area contributed by atoms with Gasteiger partial charge in [0, 0.05) is 24.2 Å². The summed E-state index contributed by atoms with van der Waals surface area (Å²) in [6.07, 6.45) is 2.84. The molecule has 1 aliphatic rings. The monoisotopic (exact) mass is 402 g/mol. The molecule has 1 N–H and O–H groups in total. The van der Waals surface area contributed by atoms with Gasteiger partial charge in [0.05, 0.1) is 11.6 Å². The number of carbonyl (C=O) groups is 2. The number of alkyl carbamates (subject to hydrolysis) is 1. The predicted octanol–water partition coefficient (Wildman–Crippen LogP) is 3.89. The predicted molar refractivity (Wildman–Crippen MR) is 101 cm³/mol. The van der Waals surface area contributed by atoms with Gasteiger partial charge >= 0.3 is 6.09 Å². The number of halogens is 2. The molecular formula is C18H24Cl2N2O4. The van der Waals surface area contributed by atoms with Gasteiger partial charge in [0.1, 0.15) is 5.75 Å². The van der Waals surface area contributed by atoms with Crippen molar-refractivity contribution in [1.82, 2.24) is 10.2 Å². The molecule has 0 spiro atoms. The standard InChI is InChI=1S/C18H24Cl2N2O4/c1-2-3-10-25-18(24)21-14-6-8-22(9-7-14)17(23)12-26-16-5-4-13(19)11-15(16)20/h4-5,11,14H,2-3,6-10,12H2,1H3,(H,21,24). The van der Waals surface area contributed by atoms with Crippen molar-refractivity contribution in [2.45, 2.75) is 38.6 Å². The highest BCUT2D eigenvalue weighted by atomic mass is 35.5. The maximum atomic E-state index is 12.3. The van der Waals surface area contributed by atoms with Gasteiger partial charge in [0.2, 0.25) is 0 Å². The average Bonchev–Trinajstić information content (AvgIpc) is 2.61. The second-order valence-corrected chi connectivity index (χ2v) is 7.00. The Kier molecular flexibility index (Phi) is 8.32. The second kappa shape index (κ2) is 10.5. The number of nitrogens with zero attached hydrogens (tertiary/aromatic N) is 1. The van der Waals surface area contributed by atoms with Crippen LogP contribution in [0.25, 0.3) is 0 Å². The SMILES string of the molecule is CCCCOC(=O)NC1CCN(C(=O)COc2ccc(Cl)cc2Cl)CC1. The molecule has 26 heavy (non-hydrogen) atoms. The number of rotatable bonds is 7. The highest BCUT2D eigenvalue weighted by molar-refractivity contribution is 6.35. The number of ether oxygens (including phenoxy) is 2. The average molecular weight is 403 g/mol. The van der Waals surface area contributed by atoms with Crippen molar-refractivity contribution in [3.05, 3.63) is 28.2 Å². The Bertz CT molecular complexity index is 619. The summed E-state index contributed by atoms with van der Waals surface area (Å²) in [6, 6.07) is 4.89. The fourth-order valence-electron chi connectivity index (χ4n) is 2.61. The van der Waals surface area contributed by atoms with E-state index < -0.39 is 0 Å². The van der Waals surface area contributed by atoms with Crippen LogP contribution in [-0.4, -0.2) is 49.2 Å². The number of nitrogens with one attached hydrogen (secondary N) is 1. The molecule has 1 heterocycles. The van der Waals surface area contributed by atoms with Crippen molar-refractivity contribution in [2.75, 3.05) is 26.3 Å². The number of piperidine rings is 1. The summed E-state index contributed by atoms with van der Waals surface area (Å²) in [4.78, 5) is 25.7. The molecule has 0 atom stereocenters. The maximum Gasteiger partial charge on any atom is 0.407 e. The summed E-state index contributed by atoms with van der Waals surface area (Å²) >= 11 is 11.9. The Morgan fingerprint density at radius 2 is 2.00 bits per heavy atom. The van der Waals surface area contributed by atoms with E-state index in [1.165, 1.54) is 0 Å². The zero-order chi connectivity index (χ0) is 18.9. The van der Waals surface area contributed by atoms with Crippen LogP contribution in [0, 0.1) is 0 Å². The smallest absolute Gasteiger partial charge is 0.407 e. The van der Waals surface area contributed by atoms with E-state index in [1.54, 1.807) is 23.1 Å². The molecule has 2 amide bonds. The highest BCUT2D eigenvalue weighted by Crippen LogP contribution is 2.27. The van der Waals surface area contributed by atoms with E-state index in [2.05, 4.69) is 5.32 Å². The minimum atomic E-state index is -0.385. The van der Waals surface area contributed by atoms with Gasteiger partial charge in [-0.2, -0.15) is 0 Å². The molecule has 144 valence electrons. The molecule has 1 aromatic rings. The normalized spacial score (nSPS) is 14.8. The lowest BCUT2D eigenvalue weighted by molar-refractivity contribution is -0.134. The lowest BCUT2D eigenvalue weighted by atomic mass is 10.1. The summed E-state index contributed by atoms with van der Waals surface area (Å²) in [7, 11) is 0. The number of amides is 2. The Morgan fingerprint density at radius 1 is 1.27 bits per heavy atom. The Balaban J connectivity index is 1.70. The van der Waals surface area contributed by atoms with Crippen molar-refractivity contribution >= 4 is 35.2 Å². The minimum Gasteiger partial charge on any atom is -0.482 e. The summed E-state index contributed by atoms with van der Waals surface area (Å²) in [5.74, 6) is 0.316. The molecule has 8 heteroatoms. The molecule has 0 aromatic heterocycles. The van der Waals surface area contributed by atoms with Crippen LogP contribution in [-0.2, 0) is 9.53 Å². The first-order chi connectivity index (χ1) is 12.5. The van der Waals surface area contributed by atoms with Gasteiger partial charge in [-0.1, -0.05) is 36.5 Å². The van der Waals surface area contributed by atoms with Gasteiger partial charge in [0.25, 0.3) is 5.91 Å². The van der Waals surface area contributed by atoms with Crippen molar-refractivity contribution < 1.29 is 19.1 Å². The first-order valence-corrected chi connectivity index (χ1v) is 9.54. The molecule has 1 aliphatic heterocycles. The number of hydrogen-bond donors (Lipinski definition) is 1. The van der Waals surface area contributed by atoms with E-state index in [-0.39, 0.29) is 24.6 Å². The number of carbonyl (C=O) groups excluding carboxylic acids is 2. The van der Waals surface area contributed by atoms with E-state index in [9.17, 15) is 9.59 Å². The fraction of sp³-hybridized carbons (Fsp3) is 0.556. The largest absolute Gasteiger partial charge is 0.482 e. The Morgan fingerprint density at radius 3 is 2.65 bits per heavy atom. The zero-order valence-electron chi connectivity index (χ0n) is 14.8. The minimum absolute atomic E-state index is 0.0276. The van der Waals surface area contributed by atoms with Crippen LogP contribution in [0.15, 0.2) is 18.2 Å². The molecule has 6 nitrogen and oxygen atoms in total. The van der Waals surface area contributed by atoms with Crippen LogP contribution in [0.5, 0.6) is 5.75 Å². The van der Waals surface area contributed by atoms with Crippen molar-refractivity contribution in [2.24, 2.45) is 0 Å². The maximum absolute atomic E-state index is 12.3. The third kappa shape index (κ3) is 6.57. The highest BCUT2D eigenvalue weighted by Gasteiger charge is 2.24. The van der Waals surface area contributed by atoms with Gasteiger partial charge < -0.3 is 19.7 Å². The van der Waals surface area contributed by atoms with Crippen LogP contribution in [0.2, 0.25) is 10.0 Å². The van der Waals surface area contributed by atoms with Gasteiger partial charge in [0.15, 0.2) is 6.61 Å². The first kappa shape index (κ1) is 20.6. The Hall–Kier alpha value is -1.66. The van der Waals surface area contributed by atoms with Crippen molar-refractivity contribution in [1.29, 1.82) is 0 Å². The van der Waals surface area contributed by atoms with E-state index in [1.807, 2.05) is 6.92 Å². The molecular weight excluding hydrogens is 379 g/mol. The lowest BCUT2D eigenvalue weighted by Crippen LogP contribution is -2.47. The van der Waals surface area contributed by atoms with Crippen molar-refractivity contribution in [3.8, 4) is 5.75 Å². The molecule has 0 aliphatic carbocycles. The topological polar surface area (TPSA) is 67.9 Å². The summed E-state index contributed by atoms with van der Waals surface area (Å²) in [5, 5.41) is 3.73. The number of unbranched alkanes of at least 4 members (excludes halogenated alkanes) is 1. The van der Waals surface area contributed by atoms with Crippen LogP contribution < -0.4 is 10.1 Å². The lowest BCUT2D eigenvalue weighted by Gasteiger charge is -2.32. The second-order valence-electron chi connectivity index (χ2n) is 6.15. The zero-order valence-corrected chi connectivity index (χ0v) is 16.3. The number of likely N-dealkylation sites (tertiary alicyclic amines) is 1. The first-order valence-electron chi connectivity index (χ1n) is 8.78. The Labute approximate surface area is 163 Å². The molecule has 1 aromatic carbocycles. The number of benzene rings is 1. The summed E-state index contributed by atoms with van der Waals surface area (Å²) < 4.78 is 10.6. The van der Waals surface area contributed by atoms with Crippen molar-refractivity contribution in [3.63, 3.8) is 0 Å². The third-order valence-electron chi connectivity index (χ3n) is 4.15. The van der Waals surface area contributed by atoms with E-state index >= 15 is 0 Å². The summed E-state index contributed by atoms with van der Waals surface area (Å²) in [6.45, 7) is 3.52. The molecule has 2 rings (SSSR count).